The summed E-state index contributed by atoms with van der Waals surface area (Å²) in [5.74, 6) is 0. The highest BCUT2D eigenvalue weighted by Crippen LogP contribution is 2.09. The first-order valence-electron chi connectivity index (χ1n) is 5.25. The van der Waals surface area contributed by atoms with Gasteiger partial charge in [0.05, 0.1) is 6.61 Å². The molecule has 1 atom stereocenters. The average Bonchev–Trinajstić information content (AvgIpc) is 2.17. The van der Waals surface area contributed by atoms with Crippen LogP contribution in [0.25, 0.3) is 0 Å². The van der Waals surface area contributed by atoms with Crippen LogP contribution in [0.1, 0.15) is 12.5 Å². The molecule has 1 rings (SSSR count). The third-order valence-electron chi connectivity index (χ3n) is 2.07. The molecular formula is C12H18N2OS. The summed E-state index contributed by atoms with van der Waals surface area (Å²) >= 11 is 5.19. The third-order valence-corrected chi connectivity index (χ3v) is 2.29. The lowest BCUT2D eigenvalue weighted by Crippen LogP contribution is -2.38. The fraction of sp³-hybridized carbons (Fsp3) is 0.417. The number of ether oxygens (including phenoxy) is 1. The number of rotatable bonds is 4. The van der Waals surface area contributed by atoms with Crippen LogP contribution in [0.3, 0.4) is 0 Å². The molecule has 0 fully saturated rings. The van der Waals surface area contributed by atoms with Crippen molar-refractivity contribution in [3.05, 3.63) is 29.8 Å². The number of anilines is 1. The molecule has 4 heteroatoms. The van der Waals surface area contributed by atoms with Crippen LogP contribution in [0.4, 0.5) is 5.69 Å². The SMILES string of the molecule is COC[C@@H](C)NC(=S)Nc1cccc(C)c1. The Hall–Kier alpha value is -1.13. The number of thiocarbonyl (C=S) groups is 1. The van der Waals surface area contributed by atoms with Crippen LogP contribution >= 0.6 is 12.2 Å². The molecule has 0 unspecified atom stereocenters. The van der Waals surface area contributed by atoms with E-state index in [2.05, 4.69) is 29.7 Å². The summed E-state index contributed by atoms with van der Waals surface area (Å²) < 4.78 is 5.02. The fourth-order valence-electron chi connectivity index (χ4n) is 1.41. The molecule has 0 saturated heterocycles. The minimum atomic E-state index is 0.204. The van der Waals surface area contributed by atoms with E-state index < -0.39 is 0 Å². The topological polar surface area (TPSA) is 33.3 Å². The van der Waals surface area contributed by atoms with Crippen molar-refractivity contribution in [2.45, 2.75) is 19.9 Å². The molecule has 0 radical (unpaired) electrons. The Morgan fingerprint density at radius 2 is 2.25 bits per heavy atom. The number of nitrogens with one attached hydrogen (secondary N) is 2. The first-order chi connectivity index (χ1) is 7.61. The molecular weight excluding hydrogens is 220 g/mol. The van der Waals surface area contributed by atoms with Crippen molar-refractivity contribution in [1.82, 2.24) is 5.32 Å². The highest BCUT2D eigenvalue weighted by atomic mass is 32.1. The minimum Gasteiger partial charge on any atom is -0.383 e. The lowest BCUT2D eigenvalue weighted by atomic mass is 10.2. The van der Waals surface area contributed by atoms with E-state index in [0.717, 1.165) is 5.69 Å². The van der Waals surface area contributed by atoms with Gasteiger partial charge in [-0.3, -0.25) is 0 Å². The van der Waals surface area contributed by atoms with Crippen LogP contribution in [0.15, 0.2) is 24.3 Å². The van der Waals surface area contributed by atoms with Gasteiger partial charge in [0.2, 0.25) is 0 Å². The second-order valence-electron chi connectivity index (χ2n) is 3.82. The minimum absolute atomic E-state index is 0.204. The molecule has 0 saturated carbocycles. The highest BCUT2D eigenvalue weighted by Gasteiger charge is 2.03. The smallest absolute Gasteiger partial charge is 0.171 e. The van der Waals surface area contributed by atoms with Gasteiger partial charge in [0.1, 0.15) is 0 Å². The number of methoxy groups -OCH3 is 1. The largest absolute Gasteiger partial charge is 0.383 e. The van der Waals surface area contributed by atoms with Gasteiger partial charge in [-0.1, -0.05) is 12.1 Å². The Bertz CT molecular complexity index is 355. The Kier molecular flexibility index (Phi) is 5.22. The maximum atomic E-state index is 5.19. The number of hydrogen-bond donors (Lipinski definition) is 2. The summed E-state index contributed by atoms with van der Waals surface area (Å²) in [6, 6.07) is 8.29. The van der Waals surface area contributed by atoms with E-state index in [0.29, 0.717) is 11.7 Å². The normalized spacial score (nSPS) is 11.9. The number of hydrogen-bond acceptors (Lipinski definition) is 2. The summed E-state index contributed by atoms with van der Waals surface area (Å²) in [5.41, 5.74) is 2.21. The first kappa shape index (κ1) is 12.9. The molecule has 1 aromatic rings. The van der Waals surface area contributed by atoms with Gasteiger partial charge in [0.25, 0.3) is 0 Å². The van der Waals surface area contributed by atoms with Gasteiger partial charge >= 0.3 is 0 Å². The molecule has 0 spiro atoms. The number of aryl methyl sites for hydroxylation is 1. The van der Waals surface area contributed by atoms with Crippen molar-refractivity contribution in [3.8, 4) is 0 Å². The lowest BCUT2D eigenvalue weighted by molar-refractivity contribution is 0.179. The maximum absolute atomic E-state index is 5.19. The molecule has 3 nitrogen and oxygen atoms in total. The van der Waals surface area contributed by atoms with E-state index in [4.69, 9.17) is 17.0 Å². The van der Waals surface area contributed by atoms with Gasteiger partial charge in [0.15, 0.2) is 5.11 Å². The van der Waals surface area contributed by atoms with E-state index in [1.165, 1.54) is 5.56 Å². The Balaban J connectivity index is 2.45. The summed E-state index contributed by atoms with van der Waals surface area (Å²) in [6.07, 6.45) is 0. The second kappa shape index (κ2) is 6.45. The quantitative estimate of drug-likeness (QED) is 0.789. The summed E-state index contributed by atoms with van der Waals surface area (Å²) in [4.78, 5) is 0. The zero-order chi connectivity index (χ0) is 12.0. The van der Waals surface area contributed by atoms with E-state index in [9.17, 15) is 0 Å². The van der Waals surface area contributed by atoms with Gasteiger partial charge in [-0.2, -0.15) is 0 Å². The van der Waals surface area contributed by atoms with E-state index in [1.54, 1.807) is 7.11 Å². The average molecular weight is 238 g/mol. The van der Waals surface area contributed by atoms with Crippen molar-refractivity contribution in [3.63, 3.8) is 0 Å². The van der Waals surface area contributed by atoms with Crippen LogP contribution in [0, 0.1) is 6.92 Å². The predicted molar refractivity (Wildman–Crippen MR) is 71.9 cm³/mol. The zero-order valence-corrected chi connectivity index (χ0v) is 10.7. The standard InChI is InChI=1S/C12H18N2OS/c1-9-5-4-6-11(7-9)14-12(16)13-10(2)8-15-3/h4-7,10H,8H2,1-3H3,(H2,13,14,16)/t10-/m1/s1. The van der Waals surface area contributed by atoms with Crippen molar-refractivity contribution in [2.75, 3.05) is 19.0 Å². The molecule has 0 aromatic heterocycles. The van der Waals surface area contributed by atoms with Gasteiger partial charge in [-0.15, -0.1) is 0 Å². The van der Waals surface area contributed by atoms with Crippen LogP contribution < -0.4 is 10.6 Å². The molecule has 1 aromatic carbocycles. The Morgan fingerprint density at radius 3 is 2.88 bits per heavy atom. The van der Waals surface area contributed by atoms with Crippen LogP contribution in [0.5, 0.6) is 0 Å². The molecule has 2 N–H and O–H groups in total. The molecule has 0 amide bonds. The summed E-state index contributed by atoms with van der Waals surface area (Å²) in [7, 11) is 1.68. The van der Waals surface area contributed by atoms with E-state index in [-0.39, 0.29) is 6.04 Å². The van der Waals surface area contributed by atoms with Gasteiger partial charge < -0.3 is 15.4 Å². The van der Waals surface area contributed by atoms with Crippen LogP contribution in [0.2, 0.25) is 0 Å². The third kappa shape index (κ3) is 4.59. The maximum Gasteiger partial charge on any atom is 0.171 e. The molecule has 88 valence electrons. The van der Waals surface area contributed by atoms with Crippen molar-refractivity contribution in [2.24, 2.45) is 0 Å². The van der Waals surface area contributed by atoms with Crippen LogP contribution in [-0.2, 0) is 4.74 Å². The zero-order valence-electron chi connectivity index (χ0n) is 9.91. The molecule has 0 aliphatic heterocycles. The second-order valence-corrected chi connectivity index (χ2v) is 4.23. The Morgan fingerprint density at radius 1 is 1.50 bits per heavy atom. The van der Waals surface area contributed by atoms with Gasteiger partial charge in [0, 0.05) is 18.8 Å². The van der Waals surface area contributed by atoms with E-state index >= 15 is 0 Å². The molecule has 0 aliphatic carbocycles. The van der Waals surface area contributed by atoms with Gasteiger partial charge in [-0.05, 0) is 43.8 Å². The monoisotopic (exact) mass is 238 g/mol. The molecule has 0 aliphatic rings. The van der Waals surface area contributed by atoms with Crippen molar-refractivity contribution >= 4 is 23.0 Å². The van der Waals surface area contributed by atoms with Gasteiger partial charge in [-0.25, -0.2) is 0 Å². The first-order valence-corrected chi connectivity index (χ1v) is 5.65. The summed E-state index contributed by atoms with van der Waals surface area (Å²) in [6.45, 7) is 4.71. The molecule has 16 heavy (non-hydrogen) atoms. The van der Waals surface area contributed by atoms with Crippen LogP contribution in [-0.4, -0.2) is 24.9 Å². The summed E-state index contributed by atoms with van der Waals surface area (Å²) in [5, 5.41) is 6.90. The Labute approximate surface area is 102 Å². The predicted octanol–water partition coefficient (Wildman–Crippen LogP) is 2.32. The number of benzene rings is 1. The molecule has 0 heterocycles. The molecule has 0 bridgehead atoms. The van der Waals surface area contributed by atoms with E-state index in [1.807, 2.05) is 19.1 Å². The highest BCUT2D eigenvalue weighted by molar-refractivity contribution is 7.80. The van der Waals surface area contributed by atoms with Crippen molar-refractivity contribution < 1.29 is 4.74 Å². The lowest BCUT2D eigenvalue weighted by Gasteiger charge is -2.16. The van der Waals surface area contributed by atoms with Crippen molar-refractivity contribution in [1.29, 1.82) is 0 Å². The fourth-order valence-corrected chi connectivity index (χ4v) is 1.72.